The molecule has 2 aromatic carbocycles. The van der Waals surface area contributed by atoms with E-state index in [9.17, 15) is 19.5 Å². The molecule has 0 aromatic heterocycles. The second-order valence-corrected chi connectivity index (χ2v) is 8.54. The molecule has 0 saturated heterocycles. The molecule has 1 aliphatic carbocycles. The normalized spacial score (nSPS) is 13.1. The molecule has 0 spiro atoms. The van der Waals surface area contributed by atoms with Crippen molar-refractivity contribution < 1.29 is 24.6 Å². The van der Waals surface area contributed by atoms with E-state index in [0.717, 1.165) is 31.2 Å². The van der Waals surface area contributed by atoms with E-state index in [4.69, 9.17) is 16.2 Å². The molecule has 1 saturated carbocycles. The van der Waals surface area contributed by atoms with E-state index in [1.54, 1.807) is 29.2 Å². The summed E-state index contributed by atoms with van der Waals surface area (Å²) < 4.78 is 0. The summed E-state index contributed by atoms with van der Waals surface area (Å²) in [6.45, 7) is 1.87. The van der Waals surface area contributed by atoms with Crippen molar-refractivity contribution in [3.63, 3.8) is 0 Å². The standard InChI is InChI=1S/C25H30N4O5.ClH/c1-15-12-17(25(34)28-14-18-13-16(24(26)27)7-9-21(18)30)6-8-20(15)29(19-4-2-3-5-19)22(31)10-11-23(32)33;/h6-9,12-13,19,30H,2-5,10-11,14H2,1H3,(H3,26,27)(H,28,34)(H,32,33);1H. The van der Waals surface area contributed by atoms with Crippen LogP contribution in [0.1, 0.15) is 65.6 Å². The summed E-state index contributed by atoms with van der Waals surface area (Å²) in [7, 11) is 0. The van der Waals surface area contributed by atoms with Gasteiger partial charge in [0.15, 0.2) is 0 Å². The molecule has 0 heterocycles. The van der Waals surface area contributed by atoms with Crippen LogP contribution in [0, 0.1) is 12.3 Å². The highest BCUT2D eigenvalue weighted by molar-refractivity contribution is 5.99. The van der Waals surface area contributed by atoms with Crippen molar-refractivity contribution in [2.45, 2.75) is 58.0 Å². The maximum absolute atomic E-state index is 12.9. The molecule has 0 atom stereocenters. The number of nitrogens with zero attached hydrogens (tertiary/aromatic N) is 1. The number of aromatic hydroxyl groups is 1. The Balaban J connectivity index is 0.00000432. The number of hydrogen-bond acceptors (Lipinski definition) is 5. The number of benzene rings is 2. The van der Waals surface area contributed by atoms with Gasteiger partial charge in [-0.2, -0.15) is 0 Å². The molecule has 9 nitrogen and oxygen atoms in total. The van der Waals surface area contributed by atoms with Crippen molar-refractivity contribution in [3.8, 4) is 5.75 Å². The minimum atomic E-state index is -1.01. The van der Waals surface area contributed by atoms with Gasteiger partial charge in [0.05, 0.1) is 6.42 Å². The lowest BCUT2D eigenvalue weighted by Crippen LogP contribution is -2.39. The Morgan fingerprint density at radius 1 is 1.09 bits per heavy atom. The highest BCUT2D eigenvalue weighted by Crippen LogP contribution is 2.32. The largest absolute Gasteiger partial charge is 0.508 e. The van der Waals surface area contributed by atoms with Gasteiger partial charge in [0.2, 0.25) is 5.91 Å². The number of carboxylic acids is 1. The maximum atomic E-state index is 12.9. The van der Waals surface area contributed by atoms with E-state index >= 15 is 0 Å². The number of phenols is 1. The van der Waals surface area contributed by atoms with Crippen LogP contribution in [0.25, 0.3) is 0 Å². The van der Waals surface area contributed by atoms with E-state index in [1.807, 2.05) is 6.92 Å². The molecule has 2 aromatic rings. The van der Waals surface area contributed by atoms with Gasteiger partial charge in [-0.15, -0.1) is 12.4 Å². The van der Waals surface area contributed by atoms with Gasteiger partial charge in [0, 0.05) is 41.4 Å². The monoisotopic (exact) mass is 502 g/mol. The van der Waals surface area contributed by atoms with Crippen molar-refractivity contribution in [2.75, 3.05) is 4.90 Å². The third-order valence-electron chi connectivity index (χ3n) is 6.06. The number of halogens is 1. The minimum Gasteiger partial charge on any atom is -0.508 e. The molecule has 0 unspecified atom stereocenters. The minimum absolute atomic E-state index is 0. The summed E-state index contributed by atoms with van der Waals surface area (Å²) in [6.07, 6.45) is 3.47. The quantitative estimate of drug-likeness (QED) is 0.261. The molecule has 2 amide bonds. The van der Waals surface area contributed by atoms with Crippen LogP contribution in [0.3, 0.4) is 0 Å². The van der Waals surface area contributed by atoms with Crippen molar-refractivity contribution in [2.24, 2.45) is 5.73 Å². The van der Waals surface area contributed by atoms with Gasteiger partial charge in [-0.3, -0.25) is 19.8 Å². The number of rotatable bonds is 9. The number of aliphatic carboxylic acids is 1. The SMILES string of the molecule is Cc1cc(C(=O)NCc2cc(C(=N)N)ccc2O)ccc1N(C(=O)CCC(=O)O)C1CCCC1.Cl. The van der Waals surface area contributed by atoms with E-state index in [-0.39, 0.29) is 61.2 Å². The molecular weight excluding hydrogens is 472 g/mol. The average molecular weight is 503 g/mol. The zero-order chi connectivity index (χ0) is 24.8. The summed E-state index contributed by atoms with van der Waals surface area (Å²) in [5, 5.41) is 29.3. The Bertz CT molecular complexity index is 1120. The number of nitrogens with one attached hydrogen (secondary N) is 2. The Morgan fingerprint density at radius 3 is 2.34 bits per heavy atom. The Labute approximate surface area is 210 Å². The van der Waals surface area contributed by atoms with Crippen LogP contribution >= 0.6 is 12.4 Å². The molecule has 0 radical (unpaired) electrons. The molecule has 35 heavy (non-hydrogen) atoms. The summed E-state index contributed by atoms with van der Waals surface area (Å²) in [5.74, 6) is -1.74. The van der Waals surface area contributed by atoms with Gasteiger partial charge in [-0.1, -0.05) is 12.8 Å². The second-order valence-electron chi connectivity index (χ2n) is 8.54. The summed E-state index contributed by atoms with van der Waals surface area (Å²) in [4.78, 5) is 38.3. The first kappa shape index (κ1) is 27.7. The molecule has 0 aliphatic heterocycles. The zero-order valence-corrected chi connectivity index (χ0v) is 20.4. The van der Waals surface area contributed by atoms with Gasteiger partial charge >= 0.3 is 5.97 Å². The first-order valence-electron chi connectivity index (χ1n) is 11.3. The molecule has 10 heteroatoms. The van der Waals surface area contributed by atoms with Gasteiger partial charge in [-0.05, 0) is 61.7 Å². The lowest BCUT2D eigenvalue weighted by Gasteiger charge is -2.30. The highest BCUT2D eigenvalue weighted by Gasteiger charge is 2.29. The van der Waals surface area contributed by atoms with Crippen LogP contribution in [-0.2, 0) is 16.1 Å². The number of anilines is 1. The Kier molecular flexibility index (Phi) is 9.65. The van der Waals surface area contributed by atoms with Crippen molar-refractivity contribution >= 4 is 41.7 Å². The van der Waals surface area contributed by atoms with Crippen molar-refractivity contribution in [1.82, 2.24) is 5.32 Å². The summed E-state index contributed by atoms with van der Waals surface area (Å²) >= 11 is 0. The fourth-order valence-corrected chi connectivity index (χ4v) is 4.27. The first-order valence-corrected chi connectivity index (χ1v) is 11.3. The van der Waals surface area contributed by atoms with E-state index in [2.05, 4.69) is 5.32 Å². The van der Waals surface area contributed by atoms with E-state index in [1.165, 1.54) is 12.1 Å². The van der Waals surface area contributed by atoms with E-state index < -0.39 is 5.97 Å². The van der Waals surface area contributed by atoms with Gasteiger partial charge in [-0.25, -0.2) is 0 Å². The molecule has 1 aliphatic rings. The fraction of sp³-hybridized carbons (Fsp3) is 0.360. The van der Waals surface area contributed by atoms with Crippen LogP contribution in [0.15, 0.2) is 36.4 Å². The van der Waals surface area contributed by atoms with Crippen molar-refractivity contribution in [3.05, 3.63) is 58.7 Å². The molecule has 0 bridgehead atoms. The number of amidine groups is 1. The molecule has 3 rings (SSSR count). The van der Waals surface area contributed by atoms with Gasteiger partial charge < -0.3 is 26.2 Å². The number of aryl methyl sites for hydroxylation is 1. The highest BCUT2D eigenvalue weighted by atomic mass is 35.5. The number of carbonyl (C=O) groups excluding carboxylic acids is 2. The van der Waals surface area contributed by atoms with Gasteiger partial charge in [0.1, 0.15) is 11.6 Å². The summed E-state index contributed by atoms with van der Waals surface area (Å²) in [5.41, 5.74) is 8.20. The number of nitrogen functional groups attached to an aromatic ring is 1. The third-order valence-corrected chi connectivity index (χ3v) is 6.06. The maximum Gasteiger partial charge on any atom is 0.303 e. The molecule has 188 valence electrons. The van der Waals surface area contributed by atoms with Crippen LogP contribution < -0.4 is 16.0 Å². The average Bonchev–Trinajstić information content (AvgIpc) is 3.32. The Morgan fingerprint density at radius 2 is 1.74 bits per heavy atom. The molecule has 6 N–H and O–H groups in total. The number of amides is 2. The van der Waals surface area contributed by atoms with E-state index in [0.29, 0.717) is 22.4 Å². The van der Waals surface area contributed by atoms with Crippen LogP contribution in [-0.4, -0.2) is 39.9 Å². The number of carboxylic acid groups (broad SMARTS) is 1. The third kappa shape index (κ3) is 6.95. The topological polar surface area (TPSA) is 157 Å². The fourth-order valence-electron chi connectivity index (χ4n) is 4.27. The smallest absolute Gasteiger partial charge is 0.303 e. The lowest BCUT2D eigenvalue weighted by atomic mass is 10.0. The number of hydrogen-bond donors (Lipinski definition) is 5. The zero-order valence-electron chi connectivity index (χ0n) is 19.5. The van der Waals surface area contributed by atoms with Crippen LogP contribution in [0.4, 0.5) is 5.69 Å². The second kappa shape index (κ2) is 12.2. The predicted molar refractivity (Wildman–Crippen MR) is 135 cm³/mol. The molecule has 1 fully saturated rings. The van der Waals surface area contributed by atoms with Crippen LogP contribution in [0.5, 0.6) is 5.75 Å². The predicted octanol–water partition coefficient (Wildman–Crippen LogP) is 3.48. The summed E-state index contributed by atoms with van der Waals surface area (Å²) in [6, 6.07) is 9.59. The number of carbonyl (C=O) groups is 3. The number of phenolic OH excluding ortho intramolecular Hbond substituents is 1. The first-order chi connectivity index (χ1) is 16.2. The number of nitrogens with two attached hydrogens (primary N) is 1. The lowest BCUT2D eigenvalue weighted by molar-refractivity contribution is -0.138. The van der Waals surface area contributed by atoms with Crippen molar-refractivity contribution in [1.29, 1.82) is 5.41 Å². The Hall–Kier alpha value is -3.59. The molecular formula is C25H31ClN4O5. The van der Waals surface area contributed by atoms with Gasteiger partial charge in [0.25, 0.3) is 5.91 Å². The van der Waals surface area contributed by atoms with Crippen LogP contribution in [0.2, 0.25) is 0 Å².